The van der Waals surface area contributed by atoms with Crippen LogP contribution in [-0.4, -0.2) is 90.8 Å². The molecule has 0 bridgehead atoms. The number of carbonyl (C=O) groups excluding carboxylic acids is 3. The lowest BCUT2D eigenvalue weighted by atomic mass is 9.55. The number of aromatic hydroxyl groups is 1. The zero-order valence-corrected chi connectivity index (χ0v) is 20.0. The Balaban J connectivity index is 2.01. The molecule has 37 heavy (non-hydrogen) atoms. The van der Waals surface area contributed by atoms with Crippen LogP contribution in [0.4, 0.5) is 0 Å². The van der Waals surface area contributed by atoms with Crippen molar-refractivity contribution in [2.24, 2.45) is 17.6 Å². The van der Waals surface area contributed by atoms with E-state index < -0.39 is 87.4 Å². The summed E-state index contributed by atoms with van der Waals surface area (Å²) in [5.41, 5.74) is 0.732. The molecule has 0 fully saturated rings. The summed E-state index contributed by atoms with van der Waals surface area (Å²) in [6.07, 6.45) is 0.126. The first-order valence-electron chi connectivity index (χ1n) is 11.3. The number of benzene rings is 1. The highest BCUT2D eigenvalue weighted by Crippen LogP contribution is 2.55. The van der Waals surface area contributed by atoms with E-state index in [9.17, 15) is 44.7 Å². The van der Waals surface area contributed by atoms with Crippen LogP contribution in [-0.2, 0) is 14.4 Å². The van der Waals surface area contributed by atoms with Crippen molar-refractivity contribution in [3.63, 3.8) is 0 Å². The number of hydrogen-bond donors (Lipinski definition) is 7. The Morgan fingerprint density at radius 3 is 2.30 bits per heavy atom. The molecule has 12 nitrogen and oxygen atoms in total. The number of amides is 1. The van der Waals surface area contributed by atoms with Crippen molar-refractivity contribution in [1.29, 1.82) is 0 Å². The fourth-order valence-corrected chi connectivity index (χ4v) is 5.93. The maximum absolute atomic E-state index is 13.7. The molecule has 8 N–H and O–H groups in total. The normalized spacial score (nSPS) is 31.5. The summed E-state index contributed by atoms with van der Waals surface area (Å²) in [4.78, 5) is 51.3. The Bertz CT molecular complexity index is 1360. The summed E-state index contributed by atoms with van der Waals surface area (Å²) in [5, 5.41) is 65.0. The number of likely N-dealkylation sites (N-methyl/N-ethyl adjacent to an activating group) is 1. The molecule has 0 spiro atoms. The molecule has 4 rings (SSSR count). The average molecular weight is 514 g/mol. The predicted octanol–water partition coefficient (Wildman–Crippen LogP) is -0.250. The van der Waals surface area contributed by atoms with Crippen LogP contribution >= 0.6 is 0 Å². The number of primary amides is 1. The van der Waals surface area contributed by atoms with E-state index in [-0.39, 0.29) is 16.7 Å². The Morgan fingerprint density at radius 2 is 1.76 bits per heavy atom. The molecular weight excluding hydrogens is 488 g/mol. The van der Waals surface area contributed by atoms with Crippen molar-refractivity contribution in [2.45, 2.75) is 30.6 Å². The molecule has 0 radical (unpaired) electrons. The molecule has 0 heterocycles. The fourth-order valence-electron chi connectivity index (χ4n) is 5.93. The number of carbonyl (C=O) groups is 4. The molecule has 0 saturated carbocycles. The Kier molecular flexibility index (Phi) is 6.02. The van der Waals surface area contributed by atoms with Gasteiger partial charge in [0.15, 0.2) is 11.4 Å². The van der Waals surface area contributed by atoms with Crippen molar-refractivity contribution in [1.82, 2.24) is 4.90 Å². The predicted molar refractivity (Wildman–Crippen MR) is 126 cm³/mol. The standard InChI is InChI=1S/C25H26N2O10/c1-8-10-6-4-9(5-7-11(28)29)18(30)13(10)19(31)14-12(8)20(32)16-17(27(2)3)21(33)15(24(26)36)23(35)25(16,37)22(14)34/h4-8,12,16-17,20,30,32-34,37H,1-3H3,(H2,26,36)(H,28,29)/b7-5+/t8-,12+,16+,17-,20-,25-/m0/s1. The minimum Gasteiger partial charge on any atom is -0.510 e. The minimum absolute atomic E-state index is 0.0153. The van der Waals surface area contributed by atoms with Gasteiger partial charge in [-0.05, 0) is 31.7 Å². The number of aliphatic hydroxyl groups is 4. The van der Waals surface area contributed by atoms with Gasteiger partial charge in [-0.1, -0.05) is 19.1 Å². The van der Waals surface area contributed by atoms with Crippen LogP contribution in [0.3, 0.4) is 0 Å². The van der Waals surface area contributed by atoms with Crippen LogP contribution in [0.25, 0.3) is 6.08 Å². The van der Waals surface area contributed by atoms with Gasteiger partial charge in [-0.3, -0.25) is 19.3 Å². The summed E-state index contributed by atoms with van der Waals surface area (Å²) in [7, 11) is 2.90. The lowest BCUT2D eigenvalue weighted by Gasteiger charge is -2.53. The number of ketones is 2. The Labute approximate surface area is 210 Å². The van der Waals surface area contributed by atoms with E-state index in [1.165, 1.54) is 31.1 Å². The summed E-state index contributed by atoms with van der Waals surface area (Å²) < 4.78 is 0. The van der Waals surface area contributed by atoms with Crippen molar-refractivity contribution in [3.05, 3.63) is 57.6 Å². The number of nitrogens with zero attached hydrogens (tertiary/aromatic N) is 1. The van der Waals surface area contributed by atoms with Crippen LogP contribution in [0.15, 0.2) is 40.9 Å². The number of aliphatic carboxylic acids is 1. The molecule has 1 amide bonds. The first-order valence-corrected chi connectivity index (χ1v) is 11.3. The number of Topliss-reactive ketones (excluding diaryl/α,β-unsaturated/α-hetero) is 2. The highest BCUT2D eigenvalue weighted by atomic mass is 16.4. The largest absolute Gasteiger partial charge is 0.510 e. The number of phenolic OH excluding ortho intramolecular Hbond substituents is 1. The van der Waals surface area contributed by atoms with Gasteiger partial charge < -0.3 is 36.4 Å². The first kappa shape index (κ1) is 26.1. The second-order valence-corrected chi connectivity index (χ2v) is 9.69. The second-order valence-electron chi connectivity index (χ2n) is 9.69. The molecule has 3 aliphatic rings. The van der Waals surface area contributed by atoms with Gasteiger partial charge in [-0.25, -0.2) is 4.79 Å². The molecule has 0 aromatic heterocycles. The lowest BCUT2D eigenvalue weighted by molar-refractivity contribution is -0.162. The molecule has 196 valence electrons. The molecule has 0 saturated heterocycles. The minimum atomic E-state index is -3.00. The van der Waals surface area contributed by atoms with Gasteiger partial charge in [0.1, 0.15) is 22.8 Å². The monoisotopic (exact) mass is 514 g/mol. The zero-order valence-electron chi connectivity index (χ0n) is 20.0. The second kappa shape index (κ2) is 8.54. The van der Waals surface area contributed by atoms with E-state index in [1.54, 1.807) is 6.92 Å². The van der Waals surface area contributed by atoms with Crippen LogP contribution in [0.1, 0.15) is 34.3 Å². The van der Waals surface area contributed by atoms with Gasteiger partial charge in [0.05, 0.1) is 23.6 Å². The number of carboxylic acids is 1. The third kappa shape index (κ3) is 3.40. The fraction of sp³-hybridized carbons (Fsp3) is 0.360. The Morgan fingerprint density at radius 1 is 1.14 bits per heavy atom. The van der Waals surface area contributed by atoms with Crippen LogP contribution in [0, 0.1) is 11.8 Å². The van der Waals surface area contributed by atoms with E-state index in [0.29, 0.717) is 0 Å². The SMILES string of the molecule is C[C@H]1c2ccc(/C=C/C(=O)O)c(O)c2C(=O)C2=C(O)[C@]3(O)C(=O)C(C(N)=O)=C(O)[C@@H](N(C)C)[C@@H]3[C@@H](O)[C@@H]21. The van der Waals surface area contributed by atoms with E-state index in [4.69, 9.17) is 10.8 Å². The van der Waals surface area contributed by atoms with Gasteiger partial charge in [0, 0.05) is 23.1 Å². The van der Waals surface area contributed by atoms with E-state index in [1.807, 2.05) is 0 Å². The summed E-state index contributed by atoms with van der Waals surface area (Å²) in [6, 6.07) is 1.51. The number of aliphatic hydroxyl groups excluding tert-OH is 3. The van der Waals surface area contributed by atoms with Crippen LogP contribution < -0.4 is 5.73 Å². The summed E-state index contributed by atoms with van der Waals surface area (Å²) in [5.74, 6) is -11.2. The molecule has 1 aromatic carbocycles. The first-order chi connectivity index (χ1) is 17.2. The van der Waals surface area contributed by atoms with E-state index in [0.717, 1.165) is 12.2 Å². The Hall–Kier alpha value is -4.00. The quantitative estimate of drug-likeness (QED) is 0.205. The average Bonchev–Trinajstić information content (AvgIpc) is 2.80. The van der Waals surface area contributed by atoms with Crippen molar-refractivity contribution < 1.29 is 49.8 Å². The summed E-state index contributed by atoms with van der Waals surface area (Å²) >= 11 is 0. The van der Waals surface area contributed by atoms with Gasteiger partial charge in [-0.15, -0.1) is 0 Å². The van der Waals surface area contributed by atoms with E-state index >= 15 is 0 Å². The molecule has 0 aliphatic heterocycles. The molecular formula is C25H26N2O10. The number of phenols is 1. The molecule has 12 heteroatoms. The van der Waals surface area contributed by atoms with Crippen molar-refractivity contribution >= 4 is 29.5 Å². The van der Waals surface area contributed by atoms with Gasteiger partial charge in [0.2, 0.25) is 5.78 Å². The van der Waals surface area contributed by atoms with Crippen LogP contribution in [0.2, 0.25) is 0 Å². The molecule has 0 unspecified atom stereocenters. The van der Waals surface area contributed by atoms with Gasteiger partial charge >= 0.3 is 5.97 Å². The van der Waals surface area contributed by atoms with Crippen molar-refractivity contribution in [2.75, 3.05) is 14.1 Å². The number of rotatable bonds is 4. The maximum atomic E-state index is 13.7. The number of nitrogens with two attached hydrogens (primary N) is 1. The maximum Gasteiger partial charge on any atom is 0.328 e. The third-order valence-corrected chi connectivity index (χ3v) is 7.57. The molecule has 1 aromatic rings. The number of fused-ring (bicyclic) bond motifs is 3. The third-order valence-electron chi connectivity index (χ3n) is 7.57. The highest BCUT2D eigenvalue weighted by Gasteiger charge is 2.67. The topological polar surface area (TPSA) is 219 Å². The number of carboxylic acid groups (broad SMARTS) is 1. The number of hydrogen-bond acceptors (Lipinski definition) is 10. The molecule has 6 atom stereocenters. The molecule has 3 aliphatic carbocycles. The van der Waals surface area contributed by atoms with Gasteiger partial charge in [0.25, 0.3) is 5.91 Å². The zero-order chi connectivity index (χ0) is 27.7. The van der Waals surface area contributed by atoms with E-state index in [2.05, 4.69) is 0 Å². The van der Waals surface area contributed by atoms with Crippen molar-refractivity contribution in [3.8, 4) is 5.75 Å². The lowest BCUT2D eigenvalue weighted by Crippen LogP contribution is -2.68. The smallest absolute Gasteiger partial charge is 0.328 e. The highest BCUT2D eigenvalue weighted by molar-refractivity contribution is 6.25. The summed E-state index contributed by atoms with van der Waals surface area (Å²) in [6.45, 7) is 1.60. The van der Waals surface area contributed by atoms with Crippen LogP contribution in [0.5, 0.6) is 5.75 Å². The van der Waals surface area contributed by atoms with Gasteiger partial charge in [-0.2, -0.15) is 0 Å².